The molecule has 68 valence electrons. The number of H-pyrrole nitrogens is 1. The summed E-state index contributed by atoms with van der Waals surface area (Å²) in [6.45, 7) is 3.97. The van der Waals surface area contributed by atoms with Gasteiger partial charge in [-0.1, -0.05) is 0 Å². The first-order chi connectivity index (χ1) is 6.18. The van der Waals surface area contributed by atoms with E-state index in [1.807, 2.05) is 13.8 Å². The van der Waals surface area contributed by atoms with Crippen LogP contribution in [0.1, 0.15) is 19.9 Å². The molecular formula is C7H11N6+. The standard InChI is InChI=1S/C7H10N6/c1-4(2)13-11-6(8)5-7(12-13)10-3-9-5/h3-4H,1-2H3,(H2,8,11)/p+1. The molecule has 6 nitrogen and oxygen atoms in total. The van der Waals surface area contributed by atoms with E-state index in [0.29, 0.717) is 17.0 Å². The highest BCUT2D eigenvalue weighted by Gasteiger charge is 2.16. The summed E-state index contributed by atoms with van der Waals surface area (Å²) in [4.78, 5) is 8.45. The topological polar surface area (TPSA) is 84.4 Å². The van der Waals surface area contributed by atoms with E-state index in [1.54, 1.807) is 11.1 Å². The van der Waals surface area contributed by atoms with Gasteiger partial charge in [0.25, 0.3) is 5.65 Å². The van der Waals surface area contributed by atoms with E-state index in [1.165, 1.54) is 0 Å². The number of rotatable bonds is 1. The van der Waals surface area contributed by atoms with Crippen molar-refractivity contribution in [2.75, 3.05) is 5.73 Å². The smallest absolute Gasteiger partial charge is 0.251 e. The Morgan fingerprint density at radius 2 is 2.23 bits per heavy atom. The SMILES string of the molecule is CC(C)[n+]1nc(N)c2[nH]cnc2n1. The molecule has 0 aliphatic rings. The predicted octanol–water partition coefficient (Wildman–Crippen LogP) is -0.197. The van der Waals surface area contributed by atoms with Crippen molar-refractivity contribution in [2.24, 2.45) is 0 Å². The molecule has 0 aliphatic heterocycles. The number of nitrogens with zero attached hydrogens (tertiary/aromatic N) is 4. The van der Waals surface area contributed by atoms with Crippen molar-refractivity contribution in [2.45, 2.75) is 19.9 Å². The molecule has 0 unspecified atom stereocenters. The van der Waals surface area contributed by atoms with Crippen LogP contribution in [0, 0.1) is 0 Å². The average molecular weight is 179 g/mol. The van der Waals surface area contributed by atoms with Gasteiger partial charge in [0, 0.05) is 28.8 Å². The molecule has 13 heavy (non-hydrogen) atoms. The molecule has 0 saturated heterocycles. The van der Waals surface area contributed by atoms with E-state index in [9.17, 15) is 0 Å². The summed E-state index contributed by atoms with van der Waals surface area (Å²) in [6, 6.07) is 0.184. The zero-order valence-electron chi connectivity index (χ0n) is 7.52. The number of fused-ring (bicyclic) bond motifs is 1. The monoisotopic (exact) mass is 179 g/mol. The van der Waals surface area contributed by atoms with Gasteiger partial charge >= 0.3 is 0 Å². The summed E-state index contributed by atoms with van der Waals surface area (Å²) in [6.07, 6.45) is 1.56. The van der Waals surface area contributed by atoms with Crippen LogP contribution in [0.4, 0.5) is 5.82 Å². The maximum absolute atomic E-state index is 5.70. The minimum Gasteiger partial charge on any atom is -0.377 e. The van der Waals surface area contributed by atoms with E-state index < -0.39 is 0 Å². The third kappa shape index (κ3) is 1.20. The molecule has 0 saturated carbocycles. The minimum absolute atomic E-state index is 0.184. The molecule has 2 heterocycles. The lowest BCUT2D eigenvalue weighted by Gasteiger charge is -1.95. The van der Waals surface area contributed by atoms with Crippen LogP contribution in [0.5, 0.6) is 0 Å². The lowest BCUT2D eigenvalue weighted by Crippen LogP contribution is -2.44. The number of nitrogens with one attached hydrogen (secondary N) is 1. The zero-order valence-corrected chi connectivity index (χ0v) is 7.52. The summed E-state index contributed by atoms with van der Waals surface area (Å²) in [5.41, 5.74) is 6.99. The molecule has 3 N–H and O–H groups in total. The fraction of sp³-hybridized carbons (Fsp3) is 0.429. The third-order valence-electron chi connectivity index (χ3n) is 1.74. The number of anilines is 1. The van der Waals surface area contributed by atoms with Gasteiger partial charge in [-0.25, -0.2) is 4.98 Å². The summed E-state index contributed by atoms with van der Waals surface area (Å²) in [7, 11) is 0. The highest BCUT2D eigenvalue weighted by atomic mass is 15.5. The second-order valence-electron chi connectivity index (χ2n) is 3.10. The molecule has 0 aromatic carbocycles. The second-order valence-corrected chi connectivity index (χ2v) is 3.10. The van der Waals surface area contributed by atoms with Crippen molar-refractivity contribution in [1.29, 1.82) is 0 Å². The van der Waals surface area contributed by atoms with Gasteiger partial charge in [-0.3, -0.25) is 0 Å². The maximum atomic E-state index is 5.70. The predicted molar refractivity (Wildman–Crippen MR) is 46.7 cm³/mol. The molecule has 6 heteroatoms. The van der Waals surface area contributed by atoms with Gasteiger partial charge in [-0.2, -0.15) is 0 Å². The van der Waals surface area contributed by atoms with Crippen molar-refractivity contribution < 1.29 is 4.80 Å². The molecule has 0 amide bonds. The highest BCUT2D eigenvalue weighted by molar-refractivity contribution is 5.79. The second kappa shape index (κ2) is 2.65. The first-order valence-electron chi connectivity index (χ1n) is 4.07. The van der Waals surface area contributed by atoms with Crippen LogP contribution in [0.25, 0.3) is 11.2 Å². The fourth-order valence-corrected chi connectivity index (χ4v) is 1.06. The van der Waals surface area contributed by atoms with Crippen LogP contribution in [-0.4, -0.2) is 20.2 Å². The van der Waals surface area contributed by atoms with Crippen LogP contribution in [0.3, 0.4) is 0 Å². The van der Waals surface area contributed by atoms with Crippen molar-refractivity contribution in [3.63, 3.8) is 0 Å². The van der Waals surface area contributed by atoms with Crippen LogP contribution < -0.4 is 10.5 Å². The summed E-state index contributed by atoms with van der Waals surface area (Å²) in [5.74, 6) is 0.427. The molecule has 0 atom stereocenters. The molecule has 0 bridgehead atoms. The first-order valence-corrected chi connectivity index (χ1v) is 4.07. The number of nitrogen functional groups attached to an aromatic ring is 1. The van der Waals surface area contributed by atoms with Gasteiger partial charge in [0.05, 0.1) is 6.33 Å². The Morgan fingerprint density at radius 1 is 1.46 bits per heavy atom. The minimum atomic E-state index is 0.184. The quantitative estimate of drug-likeness (QED) is 0.594. The number of aromatic nitrogens is 5. The number of hydrogen-bond acceptors (Lipinski definition) is 4. The first kappa shape index (κ1) is 7.90. The largest absolute Gasteiger partial charge is 0.377 e. The molecule has 2 aromatic heterocycles. The molecule has 2 rings (SSSR count). The molecular weight excluding hydrogens is 168 g/mol. The molecule has 0 radical (unpaired) electrons. The van der Waals surface area contributed by atoms with Gasteiger partial charge < -0.3 is 10.7 Å². The molecule has 0 spiro atoms. The van der Waals surface area contributed by atoms with E-state index in [-0.39, 0.29) is 6.04 Å². The van der Waals surface area contributed by atoms with Crippen molar-refractivity contribution in [3.8, 4) is 0 Å². The average Bonchev–Trinajstić information content (AvgIpc) is 2.51. The Hall–Kier alpha value is -1.72. The molecule has 0 fully saturated rings. The van der Waals surface area contributed by atoms with Crippen LogP contribution in [0.2, 0.25) is 0 Å². The van der Waals surface area contributed by atoms with Crippen molar-refractivity contribution >= 4 is 17.0 Å². The highest BCUT2D eigenvalue weighted by Crippen LogP contribution is 2.08. The molecule has 0 aliphatic carbocycles. The Kier molecular flexibility index (Phi) is 1.61. The Balaban J connectivity index is 2.70. The lowest BCUT2D eigenvalue weighted by molar-refractivity contribution is -0.820. The Morgan fingerprint density at radius 3 is 2.92 bits per heavy atom. The van der Waals surface area contributed by atoms with E-state index in [4.69, 9.17) is 5.73 Å². The third-order valence-corrected chi connectivity index (χ3v) is 1.74. The Bertz CT molecular complexity index is 431. The molecule has 2 aromatic rings. The van der Waals surface area contributed by atoms with E-state index in [2.05, 4.69) is 20.2 Å². The number of imidazole rings is 1. The fourth-order valence-electron chi connectivity index (χ4n) is 1.06. The van der Waals surface area contributed by atoms with Gasteiger partial charge in [-0.05, 0) is 0 Å². The van der Waals surface area contributed by atoms with E-state index >= 15 is 0 Å². The number of nitrogens with two attached hydrogens (primary N) is 1. The maximum Gasteiger partial charge on any atom is 0.251 e. The summed E-state index contributed by atoms with van der Waals surface area (Å²) < 4.78 is 0. The van der Waals surface area contributed by atoms with Crippen molar-refractivity contribution in [1.82, 2.24) is 20.2 Å². The van der Waals surface area contributed by atoms with Gasteiger partial charge in [0.2, 0.25) is 11.9 Å². The number of aromatic amines is 1. The van der Waals surface area contributed by atoms with Crippen LogP contribution in [0.15, 0.2) is 6.33 Å². The van der Waals surface area contributed by atoms with Gasteiger partial charge in [0.1, 0.15) is 5.52 Å². The van der Waals surface area contributed by atoms with Gasteiger partial charge in [0.15, 0.2) is 0 Å². The zero-order chi connectivity index (χ0) is 9.42. The summed E-state index contributed by atoms with van der Waals surface area (Å²) in [5, 5.41) is 8.26. The lowest BCUT2D eigenvalue weighted by atomic mass is 10.4. The van der Waals surface area contributed by atoms with E-state index in [0.717, 1.165) is 0 Å². The van der Waals surface area contributed by atoms with Crippen molar-refractivity contribution in [3.05, 3.63) is 6.33 Å². The Labute approximate surface area is 74.8 Å². The van der Waals surface area contributed by atoms with Gasteiger partial charge in [-0.15, -0.1) is 0 Å². The summed E-state index contributed by atoms with van der Waals surface area (Å²) >= 11 is 0. The normalized spacial score (nSPS) is 11.3. The van der Waals surface area contributed by atoms with Crippen LogP contribution in [-0.2, 0) is 0 Å². The number of hydrogen-bond donors (Lipinski definition) is 2. The van der Waals surface area contributed by atoms with Crippen LogP contribution >= 0.6 is 0 Å².